The molecular formula is C19H15ClN4O4S. The average Bonchev–Trinajstić information content (AvgIpc) is 2.70. The van der Waals surface area contributed by atoms with Crippen molar-refractivity contribution in [2.75, 3.05) is 10.1 Å². The lowest BCUT2D eigenvalue weighted by molar-refractivity contribution is -0.385. The summed E-state index contributed by atoms with van der Waals surface area (Å²) < 4.78 is 28.1. The van der Waals surface area contributed by atoms with Crippen molar-refractivity contribution >= 4 is 44.9 Å². The van der Waals surface area contributed by atoms with Crippen LogP contribution in [0.5, 0.6) is 0 Å². The van der Waals surface area contributed by atoms with Crippen molar-refractivity contribution in [3.8, 4) is 0 Å². The van der Waals surface area contributed by atoms with Gasteiger partial charge in [-0.1, -0.05) is 54.1 Å². The largest absolute Gasteiger partial charge is 0.278 e. The van der Waals surface area contributed by atoms with Crippen LogP contribution < -0.4 is 10.1 Å². The Morgan fingerprint density at radius 3 is 2.34 bits per heavy atom. The topological polar surface area (TPSA) is 114 Å². The minimum Gasteiger partial charge on any atom is -0.278 e. The monoisotopic (exact) mass is 430 g/mol. The van der Waals surface area contributed by atoms with Crippen molar-refractivity contribution in [2.24, 2.45) is 5.10 Å². The second kappa shape index (κ2) is 8.72. The molecule has 148 valence electrons. The number of para-hydroxylation sites is 1. The quantitative estimate of drug-likeness (QED) is 0.325. The van der Waals surface area contributed by atoms with E-state index in [4.69, 9.17) is 11.6 Å². The molecule has 8 nitrogen and oxygen atoms in total. The van der Waals surface area contributed by atoms with Crippen LogP contribution in [0.15, 0.2) is 82.8 Å². The van der Waals surface area contributed by atoms with Crippen molar-refractivity contribution < 1.29 is 13.3 Å². The minimum atomic E-state index is -4.19. The number of nitrogens with zero attached hydrogens (tertiary/aromatic N) is 2. The molecule has 0 aliphatic carbocycles. The van der Waals surface area contributed by atoms with Crippen LogP contribution >= 0.6 is 11.6 Å². The van der Waals surface area contributed by atoms with Crippen LogP contribution in [-0.4, -0.2) is 19.6 Å². The third-order valence-electron chi connectivity index (χ3n) is 3.78. The number of hydrogen-bond donors (Lipinski definition) is 2. The highest BCUT2D eigenvalue weighted by Crippen LogP contribution is 2.30. The van der Waals surface area contributed by atoms with E-state index in [9.17, 15) is 18.5 Å². The first kappa shape index (κ1) is 20.3. The predicted octanol–water partition coefficient (Wildman–Crippen LogP) is 4.50. The number of anilines is 2. The summed E-state index contributed by atoms with van der Waals surface area (Å²) >= 11 is 6.02. The number of non-ortho nitro benzene ring substituents is 1. The van der Waals surface area contributed by atoms with Crippen molar-refractivity contribution in [1.82, 2.24) is 0 Å². The highest BCUT2D eigenvalue weighted by molar-refractivity contribution is 7.93. The van der Waals surface area contributed by atoms with Gasteiger partial charge in [-0.3, -0.25) is 20.3 Å². The number of nitro benzene ring substituents is 1. The molecule has 0 spiro atoms. The number of halogens is 1. The third kappa shape index (κ3) is 5.09. The number of nitro groups is 1. The van der Waals surface area contributed by atoms with Crippen LogP contribution in [0.2, 0.25) is 5.02 Å². The lowest BCUT2D eigenvalue weighted by atomic mass is 10.2. The summed E-state index contributed by atoms with van der Waals surface area (Å²) in [5.41, 5.74) is 3.27. The number of nitrogens with one attached hydrogen (secondary N) is 2. The normalized spacial score (nSPS) is 11.3. The van der Waals surface area contributed by atoms with E-state index in [2.05, 4.69) is 15.2 Å². The maximum atomic E-state index is 12.9. The number of hydrazone groups is 1. The van der Waals surface area contributed by atoms with Gasteiger partial charge in [-0.05, 0) is 23.8 Å². The Balaban J connectivity index is 1.96. The Kier molecular flexibility index (Phi) is 6.10. The van der Waals surface area contributed by atoms with E-state index in [0.29, 0.717) is 0 Å². The van der Waals surface area contributed by atoms with E-state index < -0.39 is 14.9 Å². The molecule has 3 rings (SSSR count). The molecule has 3 aromatic rings. The lowest BCUT2D eigenvalue weighted by Crippen LogP contribution is -2.15. The van der Waals surface area contributed by atoms with E-state index in [1.54, 1.807) is 12.1 Å². The first-order valence-corrected chi connectivity index (χ1v) is 10.1. The second-order valence-corrected chi connectivity index (χ2v) is 7.86. The number of sulfonamides is 1. The van der Waals surface area contributed by atoms with Gasteiger partial charge in [-0.25, -0.2) is 8.42 Å². The predicted molar refractivity (Wildman–Crippen MR) is 113 cm³/mol. The lowest BCUT2D eigenvalue weighted by Gasteiger charge is -2.12. The van der Waals surface area contributed by atoms with Crippen LogP contribution in [-0.2, 0) is 10.0 Å². The maximum Gasteiger partial charge on any atom is 0.270 e. The zero-order valence-corrected chi connectivity index (χ0v) is 16.4. The molecule has 3 aromatic carbocycles. The SMILES string of the molecule is O=[N+]([O-])c1ccc(N/N=C/c2ccccc2)c(S(=O)(=O)Nc2ccccc2Cl)c1. The fourth-order valence-corrected chi connectivity index (χ4v) is 3.89. The molecule has 0 bridgehead atoms. The molecule has 10 heteroatoms. The van der Waals surface area contributed by atoms with E-state index in [1.165, 1.54) is 30.5 Å². The molecule has 2 N–H and O–H groups in total. The van der Waals surface area contributed by atoms with Gasteiger partial charge in [0.25, 0.3) is 15.7 Å². The molecule has 0 radical (unpaired) electrons. The molecule has 0 aliphatic rings. The van der Waals surface area contributed by atoms with Gasteiger partial charge in [-0.2, -0.15) is 5.10 Å². The average molecular weight is 431 g/mol. The molecule has 0 heterocycles. The number of rotatable bonds is 7. The molecule has 0 saturated carbocycles. The van der Waals surface area contributed by atoms with Crippen LogP contribution in [0.1, 0.15) is 5.56 Å². The van der Waals surface area contributed by atoms with Crippen molar-refractivity contribution in [2.45, 2.75) is 4.90 Å². The fourth-order valence-electron chi connectivity index (χ4n) is 2.40. The highest BCUT2D eigenvalue weighted by atomic mass is 35.5. The summed E-state index contributed by atoms with van der Waals surface area (Å²) in [7, 11) is -4.19. The minimum absolute atomic E-state index is 0.0716. The third-order valence-corrected chi connectivity index (χ3v) is 5.52. The van der Waals surface area contributed by atoms with Crippen LogP contribution in [0.3, 0.4) is 0 Å². The molecule has 29 heavy (non-hydrogen) atoms. The van der Waals surface area contributed by atoms with Crippen LogP contribution in [0, 0.1) is 10.1 Å². The molecule has 0 atom stereocenters. The Labute approximate surface area is 172 Å². The maximum absolute atomic E-state index is 12.9. The van der Waals surface area contributed by atoms with Crippen LogP contribution in [0.25, 0.3) is 0 Å². The number of hydrogen-bond acceptors (Lipinski definition) is 6. The summed E-state index contributed by atoms with van der Waals surface area (Å²) in [5, 5.41) is 15.3. The van der Waals surface area contributed by atoms with Crippen molar-refractivity contribution in [1.29, 1.82) is 0 Å². The fraction of sp³-hybridized carbons (Fsp3) is 0. The van der Waals surface area contributed by atoms with Gasteiger partial charge >= 0.3 is 0 Å². The molecule has 0 aromatic heterocycles. The Hall–Kier alpha value is -3.43. The Bertz CT molecular complexity index is 1170. The van der Waals surface area contributed by atoms with Gasteiger partial charge < -0.3 is 0 Å². The van der Waals surface area contributed by atoms with Gasteiger partial charge in [0.2, 0.25) is 0 Å². The van der Waals surface area contributed by atoms with Gasteiger partial charge in [0, 0.05) is 12.1 Å². The molecule has 0 saturated heterocycles. The van der Waals surface area contributed by atoms with Crippen molar-refractivity contribution in [3.63, 3.8) is 0 Å². The molecular weight excluding hydrogens is 416 g/mol. The van der Waals surface area contributed by atoms with E-state index >= 15 is 0 Å². The van der Waals surface area contributed by atoms with Gasteiger partial charge in [0.05, 0.1) is 27.5 Å². The van der Waals surface area contributed by atoms with E-state index in [-0.39, 0.29) is 27.0 Å². The molecule has 0 aliphatic heterocycles. The summed E-state index contributed by atoms with van der Waals surface area (Å²) in [4.78, 5) is 10.1. The molecule has 0 unspecified atom stereocenters. The van der Waals surface area contributed by atoms with E-state index in [0.717, 1.165) is 11.6 Å². The zero-order chi connectivity index (χ0) is 20.9. The second-order valence-electron chi connectivity index (χ2n) is 5.80. The van der Waals surface area contributed by atoms with Crippen molar-refractivity contribution in [3.05, 3.63) is 93.5 Å². The summed E-state index contributed by atoms with van der Waals surface area (Å²) in [5.74, 6) is 0. The Morgan fingerprint density at radius 1 is 0.966 bits per heavy atom. The van der Waals surface area contributed by atoms with Gasteiger partial charge in [0.1, 0.15) is 4.90 Å². The van der Waals surface area contributed by atoms with E-state index in [1.807, 2.05) is 30.3 Å². The molecule has 0 amide bonds. The van der Waals surface area contributed by atoms with Gasteiger partial charge in [0.15, 0.2) is 0 Å². The van der Waals surface area contributed by atoms with Gasteiger partial charge in [-0.15, -0.1) is 0 Å². The zero-order valence-electron chi connectivity index (χ0n) is 14.8. The standard InChI is InChI=1S/C19H15ClN4O4S/c20-16-8-4-5-9-17(16)23-29(27,28)19-12-15(24(25)26)10-11-18(19)22-21-13-14-6-2-1-3-7-14/h1-13,22-23H/b21-13+. The van der Waals surface area contributed by atoms with Crippen LogP contribution in [0.4, 0.5) is 17.1 Å². The summed E-state index contributed by atoms with van der Waals surface area (Å²) in [6.07, 6.45) is 1.50. The summed E-state index contributed by atoms with van der Waals surface area (Å²) in [6.45, 7) is 0. The smallest absolute Gasteiger partial charge is 0.270 e. The number of benzene rings is 3. The highest BCUT2D eigenvalue weighted by Gasteiger charge is 2.23. The first-order chi connectivity index (χ1) is 13.9. The molecule has 0 fully saturated rings. The summed E-state index contributed by atoms with van der Waals surface area (Å²) in [6, 6.07) is 18.8. The Morgan fingerprint density at radius 2 is 1.66 bits per heavy atom. The first-order valence-electron chi connectivity index (χ1n) is 8.27.